The van der Waals surface area contributed by atoms with Crippen molar-refractivity contribution in [3.63, 3.8) is 0 Å². The van der Waals surface area contributed by atoms with E-state index in [-0.39, 0.29) is 23.8 Å². The molecule has 2 saturated heterocycles. The topological polar surface area (TPSA) is 61.9 Å². The van der Waals surface area contributed by atoms with Gasteiger partial charge in [-0.1, -0.05) is 13.8 Å². The molecule has 6 heteroatoms. The van der Waals surface area contributed by atoms with Gasteiger partial charge in [-0.3, -0.25) is 14.5 Å². The van der Waals surface area contributed by atoms with Gasteiger partial charge in [-0.15, -0.1) is 0 Å². The molecule has 1 unspecified atom stereocenters. The van der Waals surface area contributed by atoms with E-state index in [0.29, 0.717) is 25.6 Å². The molecule has 2 aliphatic rings. The molecule has 0 radical (unpaired) electrons. The maximum absolute atomic E-state index is 12.3. The fraction of sp³-hybridized carbons (Fsp3) is 0.882. The zero-order valence-corrected chi connectivity index (χ0v) is 14.7. The average Bonchev–Trinajstić information content (AvgIpc) is 2.52. The Hall–Kier alpha value is -1.14. The van der Waals surface area contributed by atoms with Crippen molar-refractivity contribution >= 4 is 11.8 Å². The minimum atomic E-state index is 0.0287. The molecular formula is C17H31N3O3. The molecule has 2 rings (SSSR count). The first-order valence-electron chi connectivity index (χ1n) is 8.83. The quantitative estimate of drug-likeness (QED) is 0.809. The van der Waals surface area contributed by atoms with Crippen LogP contribution in [0.1, 0.15) is 33.6 Å². The molecule has 23 heavy (non-hydrogen) atoms. The van der Waals surface area contributed by atoms with E-state index in [1.807, 2.05) is 4.90 Å². The molecule has 2 amide bonds. The van der Waals surface area contributed by atoms with Crippen LogP contribution in [0.15, 0.2) is 0 Å². The van der Waals surface area contributed by atoms with Gasteiger partial charge in [0.1, 0.15) is 0 Å². The molecule has 0 bridgehead atoms. The Kier molecular flexibility index (Phi) is 6.84. The van der Waals surface area contributed by atoms with Crippen molar-refractivity contribution in [1.29, 1.82) is 0 Å². The summed E-state index contributed by atoms with van der Waals surface area (Å²) in [6.45, 7) is 11.7. The second kappa shape index (κ2) is 8.64. The number of amides is 2. The smallest absolute Gasteiger partial charge is 0.223 e. The fourth-order valence-corrected chi connectivity index (χ4v) is 3.40. The van der Waals surface area contributed by atoms with Gasteiger partial charge in [-0.25, -0.2) is 0 Å². The Labute approximate surface area is 139 Å². The summed E-state index contributed by atoms with van der Waals surface area (Å²) >= 11 is 0. The Morgan fingerprint density at radius 3 is 2.52 bits per heavy atom. The Morgan fingerprint density at radius 2 is 1.91 bits per heavy atom. The highest BCUT2D eigenvalue weighted by Gasteiger charge is 2.27. The summed E-state index contributed by atoms with van der Waals surface area (Å²) in [5, 5.41) is 3.05. The molecule has 2 fully saturated rings. The van der Waals surface area contributed by atoms with Gasteiger partial charge in [-0.05, 0) is 18.8 Å². The number of morpholine rings is 1. The van der Waals surface area contributed by atoms with E-state index in [9.17, 15) is 9.59 Å². The highest BCUT2D eigenvalue weighted by Crippen LogP contribution is 2.17. The number of likely N-dealkylation sites (tertiary alicyclic amines) is 1. The minimum absolute atomic E-state index is 0.0287. The monoisotopic (exact) mass is 325 g/mol. The van der Waals surface area contributed by atoms with Gasteiger partial charge in [0.15, 0.2) is 0 Å². The first-order valence-corrected chi connectivity index (χ1v) is 8.83. The molecule has 2 aliphatic heterocycles. The second-order valence-corrected chi connectivity index (χ2v) is 7.17. The number of carbonyl (C=O) groups is 2. The summed E-state index contributed by atoms with van der Waals surface area (Å²) in [6.07, 6.45) is 1.61. The lowest BCUT2D eigenvalue weighted by molar-refractivity contribution is -0.134. The van der Waals surface area contributed by atoms with Gasteiger partial charge in [0.25, 0.3) is 0 Å². The Balaban J connectivity index is 1.69. The van der Waals surface area contributed by atoms with Gasteiger partial charge in [0, 0.05) is 52.1 Å². The summed E-state index contributed by atoms with van der Waals surface area (Å²) in [5.74, 6) is 0.887. The molecule has 0 aromatic heterocycles. The van der Waals surface area contributed by atoms with Crippen LogP contribution in [0.2, 0.25) is 0 Å². The number of hydrogen-bond donors (Lipinski definition) is 1. The van der Waals surface area contributed by atoms with Crippen molar-refractivity contribution in [2.75, 3.05) is 45.9 Å². The number of ether oxygens (including phenoxy) is 1. The van der Waals surface area contributed by atoms with Crippen molar-refractivity contribution in [2.24, 2.45) is 11.8 Å². The predicted molar refractivity (Wildman–Crippen MR) is 89.0 cm³/mol. The SMILES string of the molecule is CC(=O)N1CCC(C(=O)NCC2CN(CC(C)C)CCO2)CC1. The third kappa shape index (κ3) is 5.77. The van der Waals surface area contributed by atoms with Crippen molar-refractivity contribution in [3.05, 3.63) is 0 Å². The zero-order chi connectivity index (χ0) is 16.8. The molecule has 1 N–H and O–H groups in total. The molecule has 0 saturated carbocycles. The number of hydrogen-bond acceptors (Lipinski definition) is 4. The van der Waals surface area contributed by atoms with Crippen LogP contribution >= 0.6 is 0 Å². The zero-order valence-electron chi connectivity index (χ0n) is 14.7. The molecule has 2 heterocycles. The van der Waals surface area contributed by atoms with Crippen LogP contribution in [0.4, 0.5) is 0 Å². The van der Waals surface area contributed by atoms with E-state index in [4.69, 9.17) is 4.74 Å². The van der Waals surface area contributed by atoms with E-state index in [0.717, 1.165) is 39.1 Å². The van der Waals surface area contributed by atoms with E-state index in [1.54, 1.807) is 6.92 Å². The predicted octanol–water partition coefficient (Wildman–Crippen LogP) is 0.718. The maximum Gasteiger partial charge on any atom is 0.223 e. The van der Waals surface area contributed by atoms with Crippen LogP contribution in [0.5, 0.6) is 0 Å². The first-order chi connectivity index (χ1) is 11.0. The lowest BCUT2D eigenvalue weighted by Gasteiger charge is -2.34. The van der Waals surface area contributed by atoms with E-state index in [1.165, 1.54) is 0 Å². The second-order valence-electron chi connectivity index (χ2n) is 7.17. The number of nitrogens with zero attached hydrogens (tertiary/aromatic N) is 2. The lowest BCUT2D eigenvalue weighted by atomic mass is 9.96. The van der Waals surface area contributed by atoms with Gasteiger partial charge >= 0.3 is 0 Å². The highest BCUT2D eigenvalue weighted by molar-refractivity contribution is 5.79. The summed E-state index contributed by atoms with van der Waals surface area (Å²) < 4.78 is 5.77. The largest absolute Gasteiger partial charge is 0.374 e. The van der Waals surface area contributed by atoms with E-state index >= 15 is 0 Å². The Morgan fingerprint density at radius 1 is 1.22 bits per heavy atom. The van der Waals surface area contributed by atoms with Crippen molar-refractivity contribution in [1.82, 2.24) is 15.1 Å². The number of piperidine rings is 1. The van der Waals surface area contributed by atoms with Gasteiger partial charge in [-0.2, -0.15) is 0 Å². The molecule has 0 spiro atoms. The standard InChI is InChI=1S/C17H31N3O3/c1-13(2)11-19-8-9-23-16(12-19)10-18-17(22)15-4-6-20(7-5-15)14(3)21/h13,15-16H,4-12H2,1-3H3,(H,18,22). The molecule has 0 aromatic rings. The summed E-state index contributed by atoms with van der Waals surface area (Å²) in [5.41, 5.74) is 0. The maximum atomic E-state index is 12.3. The lowest BCUT2D eigenvalue weighted by Crippen LogP contribution is -2.49. The molecule has 0 aromatic carbocycles. The average molecular weight is 325 g/mol. The molecule has 0 aliphatic carbocycles. The summed E-state index contributed by atoms with van der Waals surface area (Å²) in [7, 11) is 0. The van der Waals surface area contributed by atoms with Crippen LogP contribution in [-0.4, -0.2) is 73.6 Å². The molecule has 6 nitrogen and oxygen atoms in total. The van der Waals surface area contributed by atoms with Gasteiger partial charge < -0.3 is 15.0 Å². The first kappa shape index (κ1) is 18.2. The van der Waals surface area contributed by atoms with E-state index < -0.39 is 0 Å². The van der Waals surface area contributed by atoms with Gasteiger partial charge in [0.05, 0.1) is 12.7 Å². The third-order valence-electron chi connectivity index (χ3n) is 4.66. The fourth-order valence-electron chi connectivity index (χ4n) is 3.40. The normalized spacial score (nSPS) is 24.0. The molecular weight excluding hydrogens is 294 g/mol. The van der Waals surface area contributed by atoms with Crippen molar-refractivity contribution in [2.45, 2.75) is 39.7 Å². The number of nitrogens with one attached hydrogen (secondary N) is 1. The van der Waals surface area contributed by atoms with Gasteiger partial charge in [0.2, 0.25) is 11.8 Å². The summed E-state index contributed by atoms with van der Waals surface area (Å²) in [6, 6.07) is 0. The molecule has 132 valence electrons. The highest BCUT2D eigenvalue weighted by atomic mass is 16.5. The number of rotatable bonds is 5. The third-order valence-corrected chi connectivity index (χ3v) is 4.66. The van der Waals surface area contributed by atoms with Crippen LogP contribution < -0.4 is 5.32 Å². The van der Waals surface area contributed by atoms with Crippen LogP contribution in [0.25, 0.3) is 0 Å². The molecule has 1 atom stereocenters. The number of carbonyl (C=O) groups excluding carboxylic acids is 2. The van der Waals surface area contributed by atoms with Crippen molar-refractivity contribution < 1.29 is 14.3 Å². The minimum Gasteiger partial charge on any atom is -0.374 e. The van der Waals surface area contributed by atoms with Crippen LogP contribution in [0.3, 0.4) is 0 Å². The van der Waals surface area contributed by atoms with Crippen LogP contribution in [0, 0.1) is 11.8 Å². The van der Waals surface area contributed by atoms with Crippen molar-refractivity contribution in [3.8, 4) is 0 Å². The summed E-state index contributed by atoms with van der Waals surface area (Å²) in [4.78, 5) is 27.8. The Bertz CT molecular complexity index is 406. The van der Waals surface area contributed by atoms with E-state index in [2.05, 4.69) is 24.1 Å². The van der Waals surface area contributed by atoms with Crippen LogP contribution in [-0.2, 0) is 14.3 Å².